The molecule has 2 N–H and O–H groups in total. The lowest BCUT2D eigenvalue weighted by Crippen LogP contribution is -2.18. The first kappa shape index (κ1) is 14.2. The highest BCUT2D eigenvalue weighted by molar-refractivity contribution is 5.69. The van der Waals surface area contributed by atoms with Gasteiger partial charge in [0.15, 0.2) is 11.6 Å². The van der Waals surface area contributed by atoms with Gasteiger partial charge < -0.3 is 19.8 Å². The van der Waals surface area contributed by atoms with Crippen molar-refractivity contribution in [2.45, 2.75) is 26.5 Å². The number of furan rings is 1. The number of nitrogens with zero attached hydrogens (tertiary/aromatic N) is 1. The number of hydrogen-bond donors (Lipinski definition) is 1. The molecule has 0 aliphatic rings. The Bertz CT molecular complexity index is 568. The SMILES string of the molecule is CC(C)Oc1cc(N(C)Cc2ccco2)c(N)cc1F. The largest absolute Gasteiger partial charge is 0.488 e. The van der Waals surface area contributed by atoms with Crippen molar-refractivity contribution in [3.8, 4) is 5.75 Å². The van der Waals surface area contributed by atoms with Gasteiger partial charge in [0, 0.05) is 19.2 Å². The van der Waals surface area contributed by atoms with Gasteiger partial charge in [-0.05, 0) is 26.0 Å². The summed E-state index contributed by atoms with van der Waals surface area (Å²) in [5.41, 5.74) is 6.96. The maximum atomic E-state index is 13.8. The normalized spacial score (nSPS) is 10.8. The second-order valence-corrected chi connectivity index (χ2v) is 4.94. The van der Waals surface area contributed by atoms with Crippen molar-refractivity contribution in [2.75, 3.05) is 17.7 Å². The minimum Gasteiger partial charge on any atom is -0.488 e. The Kier molecular flexibility index (Phi) is 4.17. The fourth-order valence-corrected chi connectivity index (χ4v) is 1.95. The molecule has 0 bridgehead atoms. The Morgan fingerprint density at radius 1 is 1.40 bits per heavy atom. The number of anilines is 2. The molecule has 108 valence electrons. The summed E-state index contributed by atoms with van der Waals surface area (Å²) in [6.45, 7) is 4.24. The average Bonchev–Trinajstić information content (AvgIpc) is 2.84. The predicted octanol–water partition coefficient (Wildman–Crippen LogP) is 3.42. The van der Waals surface area contributed by atoms with Gasteiger partial charge >= 0.3 is 0 Å². The molecule has 0 spiro atoms. The molecule has 0 amide bonds. The predicted molar refractivity (Wildman–Crippen MR) is 77.4 cm³/mol. The van der Waals surface area contributed by atoms with Gasteiger partial charge in [0.1, 0.15) is 5.76 Å². The van der Waals surface area contributed by atoms with Crippen molar-refractivity contribution in [1.29, 1.82) is 0 Å². The van der Waals surface area contributed by atoms with Gasteiger partial charge in [0.2, 0.25) is 0 Å². The molecular formula is C15H19FN2O2. The maximum absolute atomic E-state index is 13.8. The smallest absolute Gasteiger partial charge is 0.167 e. The van der Waals surface area contributed by atoms with E-state index in [2.05, 4.69) is 0 Å². The minimum atomic E-state index is -0.452. The Morgan fingerprint density at radius 3 is 2.75 bits per heavy atom. The number of benzene rings is 1. The molecule has 0 atom stereocenters. The molecule has 1 heterocycles. The lowest BCUT2D eigenvalue weighted by molar-refractivity contribution is 0.231. The van der Waals surface area contributed by atoms with Crippen molar-refractivity contribution in [1.82, 2.24) is 0 Å². The third-order valence-corrected chi connectivity index (χ3v) is 2.83. The molecule has 0 aliphatic heterocycles. The van der Waals surface area contributed by atoms with Crippen LogP contribution in [0.3, 0.4) is 0 Å². The Morgan fingerprint density at radius 2 is 2.15 bits per heavy atom. The van der Waals surface area contributed by atoms with Crippen molar-refractivity contribution >= 4 is 11.4 Å². The minimum absolute atomic E-state index is 0.101. The molecule has 2 aromatic rings. The Balaban J connectivity index is 2.25. The summed E-state index contributed by atoms with van der Waals surface area (Å²) in [7, 11) is 1.87. The van der Waals surface area contributed by atoms with Gasteiger partial charge in [0.25, 0.3) is 0 Å². The van der Waals surface area contributed by atoms with Crippen molar-refractivity contribution in [2.24, 2.45) is 0 Å². The number of nitrogen functional groups attached to an aromatic ring is 1. The van der Waals surface area contributed by atoms with E-state index >= 15 is 0 Å². The average molecular weight is 278 g/mol. The summed E-state index contributed by atoms with van der Waals surface area (Å²) in [6.07, 6.45) is 1.51. The quantitative estimate of drug-likeness (QED) is 0.851. The summed E-state index contributed by atoms with van der Waals surface area (Å²) < 4.78 is 24.5. The van der Waals surface area contributed by atoms with Gasteiger partial charge in [-0.15, -0.1) is 0 Å². The van der Waals surface area contributed by atoms with Gasteiger partial charge in [0.05, 0.1) is 30.3 Å². The number of nitrogens with two attached hydrogens (primary N) is 1. The van der Waals surface area contributed by atoms with Crippen LogP contribution in [0, 0.1) is 5.82 Å². The van der Waals surface area contributed by atoms with Crippen LogP contribution in [0.2, 0.25) is 0 Å². The van der Waals surface area contributed by atoms with E-state index in [9.17, 15) is 4.39 Å². The monoisotopic (exact) mass is 278 g/mol. The fraction of sp³-hybridized carbons (Fsp3) is 0.333. The summed E-state index contributed by atoms with van der Waals surface area (Å²) in [5, 5.41) is 0. The van der Waals surface area contributed by atoms with Crippen molar-refractivity contribution < 1.29 is 13.5 Å². The second-order valence-electron chi connectivity index (χ2n) is 4.94. The van der Waals surface area contributed by atoms with Crippen LogP contribution in [0.15, 0.2) is 34.9 Å². The van der Waals surface area contributed by atoms with Crippen molar-refractivity contribution in [3.63, 3.8) is 0 Å². The summed E-state index contributed by atoms with van der Waals surface area (Å²) in [6, 6.07) is 6.60. The van der Waals surface area contributed by atoms with E-state index in [1.54, 1.807) is 12.3 Å². The topological polar surface area (TPSA) is 51.6 Å². The van der Waals surface area contributed by atoms with Crippen LogP contribution < -0.4 is 15.4 Å². The molecule has 1 aromatic carbocycles. The highest BCUT2D eigenvalue weighted by atomic mass is 19.1. The van der Waals surface area contributed by atoms with E-state index in [4.69, 9.17) is 14.9 Å². The summed E-state index contributed by atoms with van der Waals surface area (Å²) >= 11 is 0. The van der Waals surface area contributed by atoms with E-state index < -0.39 is 5.82 Å². The summed E-state index contributed by atoms with van der Waals surface area (Å²) in [4.78, 5) is 1.89. The molecule has 0 radical (unpaired) electrons. The first-order valence-electron chi connectivity index (χ1n) is 6.46. The van der Waals surface area contributed by atoms with Crippen LogP contribution in [0.4, 0.5) is 15.8 Å². The molecule has 0 aliphatic carbocycles. The van der Waals surface area contributed by atoms with Crippen LogP contribution in [-0.2, 0) is 6.54 Å². The molecular weight excluding hydrogens is 259 g/mol. The molecule has 20 heavy (non-hydrogen) atoms. The molecule has 0 saturated carbocycles. The Hall–Kier alpha value is -2.17. The Labute approximate surface area is 117 Å². The highest BCUT2D eigenvalue weighted by Gasteiger charge is 2.14. The summed E-state index contributed by atoms with van der Waals surface area (Å²) in [5.74, 6) is 0.560. The van der Waals surface area contributed by atoms with E-state index in [1.807, 2.05) is 37.9 Å². The lowest BCUT2D eigenvalue weighted by atomic mass is 10.2. The number of rotatable bonds is 5. The third kappa shape index (κ3) is 3.23. The molecule has 2 rings (SSSR count). The first-order chi connectivity index (χ1) is 9.47. The van der Waals surface area contributed by atoms with Gasteiger partial charge in [-0.3, -0.25) is 0 Å². The van der Waals surface area contributed by atoms with Gasteiger partial charge in [-0.2, -0.15) is 0 Å². The standard InChI is InChI=1S/C15H19FN2O2/c1-10(2)20-15-8-14(13(17)7-12(15)16)18(3)9-11-5-4-6-19-11/h4-8,10H,9,17H2,1-3H3. The van der Waals surface area contributed by atoms with Gasteiger partial charge in [-0.1, -0.05) is 0 Å². The molecule has 1 aromatic heterocycles. The van der Waals surface area contributed by atoms with Crippen LogP contribution in [0.1, 0.15) is 19.6 Å². The van der Waals surface area contributed by atoms with E-state index in [0.29, 0.717) is 17.9 Å². The van der Waals surface area contributed by atoms with E-state index in [0.717, 1.165) is 5.76 Å². The number of hydrogen-bond acceptors (Lipinski definition) is 4. The molecule has 0 unspecified atom stereocenters. The molecule has 4 nitrogen and oxygen atoms in total. The number of ether oxygens (including phenoxy) is 1. The van der Waals surface area contributed by atoms with Crippen LogP contribution >= 0.6 is 0 Å². The second kappa shape index (κ2) is 5.86. The van der Waals surface area contributed by atoms with Crippen molar-refractivity contribution in [3.05, 3.63) is 42.1 Å². The van der Waals surface area contributed by atoms with Crippen LogP contribution in [0.5, 0.6) is 5.75 Å². The molecule has 0 fully saturated rings. The lowest BCUT2D eigenvalue weighted by Gasteiger charge is -2.21. The fourth-order valence-electron chi connectivity index (χ4n) is 1.95. The molecule has 5 heteroatoms. The number of halogens is 1. The van der Waals surface area contributed by atoms with Gasteiger partial charge in [-0.25, -0.2) is 4.39 Å². The zero-order valence-corrected chi connectivity index (χ0v) is 11.9. The van der Waals surface area contributed by atoms with E-state index in [1.165, 1.54) is 6.07 Å². The molecule has 0 saturated heterocycles. The first-order valence-corrected chi connectivity index (χ1v) is 6.46. The zero-order chi connectivity index (χ0) is 14.7. The zero-order valence-electron chi connectivity index (χ0n) is 11.9. The van der Waals surface area contributed by atoms with Crippen LogP contribution in [-0.4, -0.2) is 13.2 Å². The highest BCUT2D eigenvalue weighted by Crippen LogP contribution is 2.31. The van der Waals surface area contributed by atoms with E-state index in [-0.39, 0.29) is 11.9 Å². The third-order valence-electron chi connectivity index (χ3n) is 2.83. The van der Waals surface area contributed by atoms with Crippen LogP contribution in [0.25, 0.3) is 0 Å². The maximum Gasteiger partial charge on any atom is 0.167 e.